The van der Waals surface area contributed by atoms with E-state index in [1.807, 2.05) is 0 Å². The molecule has 0 amide bonds. The van der Waals surface area contributed by atoms with Gasteiger partial charge in [0.05, 0.1) is 36.9 Å². The summed E-state index contributed by atoms with van der Waals surface area (Å²) in [5.74, 6) is -11.0. The fourth-order valence-electron chi connectivity index (χ4n) is 3.04. The van der Waals surface area contributed by atoms with Crippen LogP contribution in [0.3, 0.4) is 0 Å². The molecule has 2 N–H and O–H groups in total. The fraction of sp³-hybridized carbons (Fsp3) is 0.750. The van der Waals surface area contributed by atoms with Gasteiger partial charge >= 0.3 is 23.9 Å². The lowest BCUT2D eigenvalue weighted by molar-refractivity contribution is -0.200. The van der Waals surface area contributed by atoms with Crippen LogP contribution in [0.1, 0.15) is 13.8 Å². The van der Waals surface area contributed by atoms with Crippen LogP contribution in [-0.4, -0.2) is 73.7 Å². The van der Waals surface area contributed by atoms with E-state index in [1.165, 1.54) is 28.1 Å². The number of hydrogen-bond acceptors (Lipinski definition) is 8. The standard InChI is InChI=1S/C16H24O10/c1-7(5-23-3)25-15(21)11-9(13(17)18)10(14(19)20)12(11)16(22)26-8(2)6-24-4/h7-12H,5-6H2,1-4H3,(H,17,18)(H,19,20). The molecule has 0 bridgehead atoms. The molecule has 1 saturated carbocycles. The monoisotopic (exact) mass is 376 g/mol. The van der Waals surface area contributed by atoms with Gasteiger partial charge in [-0.3, -0.25) is 19.2 Å². The van der Waals surface area contributed by atoms with Crippen molar-refractivity contribution in [2.75, 3.05) is 27.4 Å². The van der Waals surface area contributed by atoms with Crippen LogP contribution in [0.5, 0.6) is 0 Å². The molecule has 148 valence electrons. The van der Waals surface area contributed by atoms with Crippen molar-refractivity contribution < 1.29 is 48.3 Å². The second kappa shape index (κ2) is 9.48. The predicted octanol–water partition coefficient (Wildman–Crippen LogP) is -0.210. The average molecular weight is 376 g/mol. The van der Waals surface area contributed by atoms with Crippen LogP contribution in [-0.2, 0) is 38.1 Å². The number of hydrogen-bond donors (Lipinski definition) is 2. The Morgan fingerprint density at radius 1 is 0.731 bits per heavy atom. The van der Waals surface area contributed by atoms with Crippen molar-refractivity contribution in [1.82, 2.24) is 0 Å². The van der Waals surface area contributed by atoms with E-state index in [0.717, 1.165) is 0 Å². The third-order valence-electron chi connectivity index (χ3n) is 4.10. The van der Waals surface area contributed by atoms with Gasteiger partial charge in [0.15, 0.2) is 0 Å². The molecule has 0 aromatic rings. The maximum Gasteiger partial charge on any atom is 0.311 e. The molecule has 1 aliphatic carbocycles. The van der Waals surface area contributed by atoms with E-state index >= 15 is 0 Å². The molecule has 1 aliphatic rings. The lowest BCUT2D eigenvalue weighted by atomic mass is 9.56. The number of aliphatic carboxylic acids is 2. The summed E-state index contributed by atoms with van der Waals surface area (Å²) in [5.41, 5.74) is 0. The average Bonchev–Trinajstić information content (AvgIpc) is 2.45. The molecule has 0 spiro atoms. The molecule has 1 fully saturated rings. The molecule has 0 saturated heterocycles. The normalized spacial score (nSPS) is 26.9. The highest BCUT2D eigenvalue weighted by Gasteiger charge is 2.65. The molecule has 6 unspecified atom stereocenters. The topological polar surface area (TPSA) is 146 Å². The van der Waals surface area contributed by atoms with Crippen LogP contribution in [0.2, 0.25) is 0 Å². The maximum absolute atomic E-state index is 12.4. The van der Waals surface area contributed by atoms with Crippen molar-refractivity contribution in [2.24, 2.45) is 23.7 Å². The van der Waals surface area contributed by atoms with Crippen molar-refractivity contribution in [3.05, 3.63) is 0 Å². The Morgan fingerprint density at radius 3 is 1.27 bits per heavy atom. The largest absolute Gasteiger partial charge is 0.481 e. The van der Waals surface area contributed by atoms with Gasteiger partial charge in [-0.05, 0) is 13.8 Å². The minimum atomic E-state index is -1.58. The van der Waals surface area contributed by atoms with E-state index in [1.54, 1.807) is 0 Å². The quantitative estimate of drug-likeness (QED) is 0.491. The lowest BCUT2D eigenvalue weighted by Crippen LogP contribution is -2.61. The zero-order chi connectivity index (χ0) is 20.0. The summed E-state index contributed by atoms with van der Waals surface area (Å²) >= 11 is 0. The molecular weight excluding hydrogens is 352 g/mol. The number of ether oxygens (including phenoxy) is 4. The fourth-order valence-corrected chi connectivity index (χ4v) is 3.04. The van der Waals surface area contributed by atoms with Gasteiger partial charge < -0.3 is 29.2 Å². The molecule has 0 aliphatic heterocycles. The smallest absolute Gasteiger partial charge is 0.311 e. The van der Waals surface area contributed by atoms with Gasteiger partial charge in [-0.2, -0.15) is 0 Å². The Hall–Kier alpha value is -2.20. The molecule has 1 rings (SSSR count). The minimum absolute atomic E-state index is 0.0680. The zero-order valence-corrected chi connectivity index (χ0v) is 15.0. The number of carboxylic acid groups (broad SMARTS) is 2. The second-order valence-corrected chi connectivity index (χ2v) is 6.19. The van der Waals surface area contributed by atoms with E-state index in [9.17, 15) is 29.4 Å². The van der Waals surface area contributed by atoms with Crippen LogP contribution in [0.25, 0.3) is 0 Å². The summed E-state index contributed by atoms with van der Waals surface area (Å²) < 4.78 is 19.8. The van der Waals surface area contributed by atoms with Crippen molar-refractivity contribution in [3.63, 3.8) is 0 Å². The molecule has 6 atom stereocenters. The van der Waals surface area contributed by atoms with Crippen molar-refractivity contribution in [2.45, 2.75) is 26.1 Å². The number of carbonyl (C=O) groups is 4. The summed E-state index contributed by atoms with van der Waals surface area (Å²) in [6.45, 7) is 3.19. The third-order valence-corrected chi connectivity index (χ3v) is 4.10. The summed E-state index contributed by atoms with van der Waals surface area (Å²) in [5, 5.41) is 18.6. The molecule has 26 heavy (non-hydrogen) atoms. The maximum atomic E-state index is 12.4. The SMILES string of the molecule is COCC(C)OC(=O)C1C(C(=O)O)C(C(=O)O)C1C(=O)OC(C)COC. The Morgan fingerprint density at radius 2 is 1.04 bits per heavy atom. The van der Waals surface area contributed by atoms with Gasteiger partial charge in [0, 0.05) is 14.2 Å². The molecule has 0 heterocycles. The first kappa shape index (κ1) is 21.8. The van der Waals surface area contributed by atoms with Gasteiger partial charge in [0.1, 0.15) is 12.2 Å². The van der Waals surface area contributed by atoms with E-state index in [4.69, 9.17) is 18.9 Å². The van der Waals surface area contributed by atoms with Gasteiger partial charge in [0.2, 0.25) is 0 Å². The molecule has 0 aromatic carbocycles. The Kier molecular flexibility index (Phi) is 7.97. The van der Waals surface area contributed by atoms with Crippen LogP contribution >= 0.6 is 0 Å². The first-order valence-electron chi connectivity index (χ1n) is 8.00. The van der Waals surface area contributed by atoms with Crippen LogP contribution in [0.15, 0.2) is 0 Å². The third kappa shape index (κ3) is 4.92. The summed E-state index contributed by atoms with van der Waals surface area (Å²) in [6, 6.07) is 0. The summed E-state index contributed by atoms with van der Waals surface area (Å²) in [4.78, 5) is 47.6. The van der Waals surface area contributed by atoms with Gasteiger partial charge in [-0.25, -0.2) is 0 Å². The molecule has 10 heteroatoms. The Bertz CT molecular complexity index is 497. The number of esters is 2. The van der Waals surface area contributed by atoms with Gasteiger partial charge in [-0.1, -0.05) is 0 Å². The highest BCUT2D eigenvalue weighted by Crippen LogP contribution is 2.48. The minimum Gasteiger partial charge on any atom is -0.481 e. The Balaban J connectivity index is 3.03. The van der Waals surface area contributed by atoms with E-state index in [2.05, 4.69) is 0 Å². The summed E-state index contributed by atoms with van der Waals surface area (Å²) in [7, 11) is 2.79. The zero-order valence-electron chi connectivity index (χ0n) is 15.0. The molecule has 0 radical (unpaired) electrons. The number of carbonyl (C=O) groups excluding carboxylic acids is 2. The molecular formula is C16H24O10. The van der Waals surface area contributed by atoms with Crippen molar-refractivity contribution >= 4 is 23.9 Å². The number of carboxylic acids is 2. The molecule has 0 aromatic heterocycles. The van der Waals surface area contributed by atoms with E-state index < -0.39 is 59.8 Å². The van der Waals surface area contributed by atoms with Crippen LogP contribution < -0.4 is 0 Å². The van der Waals surface area contributed by atoms with E-state index in [0.29, 0.717) is 0 Å². The highest BCUT2D eigenvalue weighted by atomic mass is 16.6. The van der Waals surface area contributed by atoms with Crippen LogP contribution in [0, 0.1) is 23.7 Å². The number of methoxy groups -OCH3 is 2. The van der Waals surface area contributed by atoms with E-state index in [-0.39, 0.29) is 13.2 Å². The Labute approximate surface area is 150 Å². The second-order valence-electron chi connectivity index (χ2n) is 6.19. The first-order valence-corrected chi connectivity index (χ1v) is 8.00. The summed E-state index contributed by atoms with van der Waals surface area (Å²) in [6.07, 6.45) is -1.37. The van der Waals surface area contributed by atoms with Gasteiger partial charge in [-0.15, -0.1) is 0 Å². The van der Waals surface area contributed by atoms with Crippen molar-refractivity contribution in [3.8, 4) is 0 Å². The van der Waals surface area contributed by atoms with Crippen LogP contribution in [0.4, 0.5) is 0 Å². The van der Waals surface area contributed by atoms with Crippen molar-refractivity contribution in [1.29, 1.82) is 0 Å². The number of rotatable bonds is 10. The van der Waals surface area contributed by atoms with Gasteiger partial charge in [0.25, 0.3) is 0 Å². The first-order chi connectivity index (χ1) is 12.1. The highest BCUT2D eigenvalue weighted by molar-refractivity contribution is 5.97. The lowest BCUT2D eigenvalue weighted by Gasteiger charge is -2.44. The predicted molar refractivity (Wildman–Crippen MR) is 84.1 cm³/mol. The molecule has 10 nitrogen and oxygen atoms in total.